The molecule has 0 atom stereocenters. The monoisotopic (exact) mass is 224 g/mol. The summed E-state index contributed by atoms with van der Waals surface area (Å²) < 4.78 is 12.7. The van der Waals surface area contributed by atoms with Crippen molar-refractivity contribution in [1.82, 2.24) is 4.98 Å². The molecule has 0 aliphatic heterocycles. The molecule has 0 saturated heterocycles. The summed E-state index contributed by atoms with van der Waals surface area (Å²) >= 11 is 8.40. The lowest BCUT2D eigenvalue weighted by molar-refractivity contribution is 0.579. The standard InChI is InChI=1S/C5H3BrClFN2/c6-2-1-3(7)5(9)10-4(2)8/h1H,(H2,9,10). The van der Waals surface area contributed by atoms with Gasteiger partial charge in [0, 0.05) is 0 Å². The first-order chi connectivity index (χ1) is 4.61. The zero-order valence-corrected chi connectivity index (χ0v) is 7.08. The third-order valence-corrected chi connectivity index (χ3v) is 1.77. The molecule has 0 unspecified atom stereocenters. The minimum atomic E-state index is -0.651. The van der Waals surface area contributed by atoms with Crippen molar-refractivity contribution in [3.05, 3.63) is 21.5 Å². The van der Waals surface area contributed by atoms with Gasteiger partial charge in [0.15, 0.2) is 0 Å². The number of nitrogens with zero attached hydrogens (tertiary/aromatic N) is 1. The van der Waals surface area contributed by atoms with E-state index in [0.29, 0.717) is 0 Å². The van der Waals surface area contributed by atoms with Crippen LogP contribution >= 0.6 is 27.5 Å². The molecule has 0 amide bonds. The molecule has 0 bridgehead atoms. The fraction of sp³-hybridized carbons (Fsp3) is 0. The van der Waals surface area contributed by atoms with Gasteiger partial charge in [0.25, 0.3) is 0 Å². The minimum Gasteiger partial charge on any atom is -0.382 e. The van der Waals surface area contributed by atoms with Gasteiger partial charge in [-0.3, -0.25) is 0 Å². The molecule has 5 heteroatoms. The van der Waals surface area contributed by atoms with Gasteiger partial charge in [-0.25, -0.2) is 4.98 Å². The third-order valence-electron chi connectivity index (χ3n) is 0.914. The summed E-state index contributed by atoms with van der Waals surface area (Å²) in [5.74, 6) is -0.649. The van der Waals surface area contributed by atoms with Crippen molar-refractivity contribution in [3.8, 4) is 0 Å². The van der Waals surface area contributed by atoms with E-state index in [4.69, 9.17) is 17.3 Å². The minimum absolute atomic E-state index is 0.00219. The van der Waals surface area contributed by atoms with Crippen LogP contribution in [0.5, 0.6) is 0 Å². The van der Waals surface area contributed by atoms with Gasteiger partial charge in [-0.05, 0) is 22.0 Å². The molecular weight excluding hydrogens is 222 g/mol. The Hall–Kier alpha value is -0.350. The summed E-state index contributed by atoms with van der Waals surface area (Å²) in [4.78, 5) is 3.30. The summed E-state index contributed by atoms with van der Waals surface area (Å²) in [6.07, 6.45) is 0. The highest BCUT2D eigenvalue weighted by molar-refractivity contribution is 9.10. The number of nitrogen functional groups attached to an aromatic ring is 1. The van der Waals surface area contributed by atoms with Crippen molar-refractivity contribution < 1.29 is 4.39 Å². The maximum absolute atomic E-state index is 12.5. The molecule has 0 spiro atoms. The first kappa shape index (κ1) is 7.75. The van der Waals surface area contributed by atoms with Crippen molar-refractivity contribution in [2.24, 2.45) is 0 Å². The number of rotatable bonds is 0. The van der Waals surface area contributed by atoms with Crippen LogP contribution in [0.1, 0.15) is 0 Å². The zero-order chi connectivity index (χ0) is 7.72. The van der Waals surface area contributed by atoms with Crippen LogP contribution in [0.2, 0.25) is 5.02 Å². The molecule has 0 fully saturated rings. The smallest absolute Gasteiger partial charge is 0.229 e. The Labute approximate surface area is 70.3 Å². The fourth-order valence-corrected chi connectivity index (χ4v) is 1.06. The lowest BCUT2D eigenvalue weighted by atomic mass is 10.5. The molecule has 0 radical (unpaired) electrons. The maximum Gasteiger partial charge on any atom is 0.229 e. The first-order valence-corrected chi connectivity index (χ1v) is 3.55. The normalized spacial score (nSPS) is 9.90. The highest BCUT2D eigenvalue weighted by Gasteiger charge is 2.04. The maximum atomic E-state index is 12.5. The Bertz CT molecular complexity index is 216. The van der Waals surface area contributed by atoms with Crippen molar-refractivity contribution in [3.63, 3.8) is 0 Å². The molecule has 2 nitrogen and oxygen atoms in total. The van der Waals surface area contributed by atoms with E-state index in [1.54, 1.807) is 0 Å². The van der Waals surface area contributed by atoms with Crippen LogP contribution in [0.3, 0.4) is 0 Å². The molecule has 0 aromatic carbocycles. The van der Waals surface area contributed by atoms with Crippen LogP contribution < -0.4 is 5.73 Å². The summed E-state index contributed by atoms with van der Waals surface area (Å²) in [6, 6.07) is 1.36. The van der Waals surface area contributed by atoms with Gasteiger partial charge < -0.3 is 5.73 Å². The Kier molecular flexibility index (Phi) is 2.11. The Morgan fingerprint density at radius 3 is 2.80 bits per heavy atom. The van der Waals surface area contributed by atoms with Crippen molar-refractivity contribution in [2.75, 3.05) is 5.73 Å². The van der Waals surface area contributed by atoms with Gasteiger partial charge in [-0.1, -0.05) is 11.6 Å². The molecule has 10 heavy (non-hydrogen) atoms. The van der Waals surface area contributed by atoms with Crippen LogP contribution in [0.25, 0.3) is 0 Å². The van der Waals surface area contributed by atoms with E-state index in [1.165, 1.54) is 6.07 Å². The topological polar surface area (TPSA) is 38.9 Å². The Balaban J connectivity index is 3.28. The van der Waals surface area contributed by atoms with E-state index in [-0.39, 0.29) is 15.3 Å². The number of nitrogens with two attached hydrogens (primary N) is 1. The highest BCUT2D eigenvalue weighted by Crippen LogP contribution is 2.22. The molecular formula is C5H3BrClFN2. The second kappa shape index (κ2) is 2.72. The third kappa shape index (κ3) is 1.38. The number of hydrogen-bond acceptors (Lipinski definition) is 2. The second-order valence-corrected chi connectivity index (χ2v) is 2.89. The fourth-order valence-electron chi connectivity index (χ4n) is 0.457. The predicted octanol–water partition coefficient (Wildman–Crippen LogP) is 2.22. The molecule has 0 aliphatic carbocycles. The predicted molar refractivity (Wildman–Crippen MR) is 41.3 cm³/mol. The molecule has 54 valence electrons. The van der Waals surface area contributed by atoms with Crippen LogP contribution in [0.15, 0.2) is 10.5 Å². The molecule has 0 saturated carbocycles. The van der Waals surface area contributed by atoms with Gasteiger partial charge in [0.2, 0.25) is 5.95 Å². The summed E-state index contributed by atoms with van der Waals surface area (Å²) in [7, 11) is 0. The van der Waals surface area contributed by atoms with Gasteiger partial charge in [0.05, 0.1) is 9.50 Å². The average molecular weight is 225 g/mol. The summed E-state index contributed by atoms with van der Waals surface area (Å²) in [5.41, 5.74) is 5.19. The van der Waals surface area contributed by atoms with E-state index in [2.05, 4.69) is 20.9 Å². The van der Waals surface area contributed by atoms with Gasteiger partial charge in [0.1, 0.15) is 5.82 Å². The first-order valence-electron chi connectivity index (χ1n) is 2.38. The molecule has 1 rings (SSSR count). The second-order valence-electron chi connectivity index (χ2n) is 1.63. The number of aromatic nitrogens is 1. The van der Waals surface area contributed by atoms with E-state index in [1.807, 2.05) is 0 Å². The van der Waals surface area contributed by atoms with E-state index in [9.17, 15) is 4.39 Å². The quantitative estimate of drug-likeness (QED) is 0.688. The van der Waals surface area contributed by atoms with E-state index < -0.39 is 5.95 Å². The number of pyridine rings is 1. The van der Waals surface area contributed by atoms with Gasteiger partial charge in [-0.15, -0.1) is 0 Å². The molecule has 0 aliphatic rings. The van der Waals surface area contributed by atoms with E-state index in [0.717, 1.165) is 0 Å². The lowest BCUT2D eigenvalue weighted by Gasteiger charge is -1.97. The van der Waals surface area contributed by atoms with Gasteiger partial charge in [-0.2, -0.15) is 4.39 Å². The molecule has 1 aromatic rings. The average Bonchev–Trinajstić information content (AvgIpc) is 1.84. The number of hydrogen-bond donors (Lipinski definition) is 1. The molecule has 2 N–H and O–H groups in total. The van der Waals surface area contributed by atoms with Crippen molar-refractivity contribution >= 4 is 33.3 Å². The van der Waals surface area contributed by atoms with Crippen molar-refractivity contribution in [1.29, 1.82) is 0 Å². The number of anilines is 1. The van der Waals surface area contributed by atoms with Crippen LogP contribution in [0.4, 0.5) is 10.2 Å². The van der Waals surface area contributed by atoms with Crippen LogP contribution in [-0.4, -0.2) is 4.98 Å². The number of halogens is 3. The van der Waals surface area contributed by atoms with Gasteiger partial charge >= 0.3 is 0 Å². The summed E-state index contributed by atoms with van der Waals surface area (Å²) in [5, 5.41) is 0.244. The SMILES string of the molecule is Nc1nc(F)c(Br)cc1Cl. The van der Waals surface area contributed by atoms with E-state index >= 15 is 0 Å². The van der Waals surface area contributed by atoms with Crippen molar-refractivity contribution in [2.45, 2.75) is 0 Å². The van der Waals surface area contributed by atoms with Crippen LogP contribution in [0, 0.1) is 5.95 Å². The Morgan fingerprint density at radius 1 is 1.70 bits per heavy atom. The van der Waals surface area contributed by atoms with Crippen LogP contribution in [-0.2, 0) is 0 Å². The zero-order valence-electron chi connectivity index (χ0n) is 4.74. The Morgan fingerprint density at radius 2 is 2.30 bits per heavy atom. The molecule has 1 aromatic heterocycles. The summed E-state index contributed by atoms with van der Waals surface area (Å²) in [6.45, 7) is 0. The largest absolute Gasteiger partial charge is 0.382 e. The lowest BCUT2D eigenvalue weighted by Crippen LogP contribution is -1.94. The highest BCUT2D eigenvalue weighted by atomic mass is 79.9. The molecule has 1 heterocycles.